The molecule has 0 spiro atoms. The molecule has 1 amide bonds. The summed E-state index contributed by atoms with van der Waals surface area (Å²) in [4.78, 5) is 13.6. The summed E-state index contributed by atoms with van der Waals surface area (Å²) in [5.41, 5.74) is 1.68. The molecule has 0 atom stereocenters. The fraction of sp³-hybridized carbons (Fsp3) is 0.462. The molecule has 0 aliphatic carbocycles. The number of hydrogen-bond donors (Lipinski definition) is 0. The fourth-order valence-corrected chi connectivity index (χ4v) is 2.25. The van der Waals surface area contributed by atoms with Crippen molar-refractivity contribution >= 4 is 34.8 Å². The van der Waals surface area contributed by atoms with E-state index in [9.17, 15) is 4.79 Å². The van der Waals surface area contributed by atoms with Crippen LogP contribution >= 0.6 is 23.2 Å². The Morgan fingerprint density at radius 3 is 2.74 bits per heavy atom. The molecule has 1 aliphatic rings. The lowest BCUT2D eigenvalue weighted by Gasteiger charge is -2.26. The monoisotopic (exact) mass is 303 g/mol. The van der Waals surface area contributed by atoms with Crippen LogP contribution in [0.4, 0.5) is 5.69 Å². The predicted octanol–water partition coefficient (Wildman–Crippen LogP) is 2.59. The van der Waals surface area contributed by atoms with Crippen LogP contribution in [0.25, 0.3) is 0 Å². The van der Waals surface area contributed by atoms with E-state index in [0.29, 0.717) is 24.8 Å². The summed E-state index contributed by atoms with van der Waals surface area (Å²) in [6, 6.07) is 5.39. The number of halogens is 2. The van der Waals surface area contributed by atoms with Crippen molar-refractivity contribution in [3.05, 3.63) is 28.8 Å². The Morgan fingerprint density at radius 2 is 2.11 bits per heavy atom. The van der Waals surface area contributed by atoms with Crippen LogP contribution in [0.1, 0.15) is 5.56 Å². The quantitative estimate of drug-likeness (QED) is 0.803. The number of carbonyl (C=O) groups excluding carboxylic acids is 1. The highest BCUT2D eigenvalue weighted by atomic mass is 35.5. The van der Waals surface area contributed by atoms with E-state index in [1.807, 2.05) is 13.0 Å². The molecule has 19 heavy (non-hydrogen) atoms. The van der Waals surface area contributed by atoms with Crippen LogP contribution in [-0.2, 0) is 14.3 Å². The Balaban J connectivity index is 2.25. The molecule has 0 bridgehead atoms. The molecule has 1 aliphatic heterocycles. The van der Waals surface area contributed by atoms with Gasteiger partial charge in [0.25, 0.3) is 0 Å². The van der Waals surface area contributed by atoms with Gasteiger partial charge in [0, 0.05) is 10.7 Å². The van der Waals surface area contributed by atoms with E-state index in [2.05, 4.69) is 0 Å². The third kappa shape index (κ3) is 3.60. The van der Waals surface area contributed by atoms with Gasteiger partial charge >= 0.3 is 0 Å². The van der Waals surface area contributed by atoms with Gasteiger partial charge in [-0.15, -0.1) is 11.6 Å². The number of ether oxygens (including phenoxy) is 2. The van der Waals surface area contributed by atoms with Crippen molar-refractivity contribution in [3.63, 3.8) is 0 Å². The van der Waals surface area contributed by atoms with E-state index < -0.39 is 6.29 Å². The van der Waals surface area contributed by atoms with Gasteiger partial charge in [0.05, 0.1) is 19.8 Å². The van der Waals surface area contributed by atoms with Gasteiger partial charge in [0.15, 0.2) is 6.29 Å². The van der Waals surface area contributed by atoms with Crippen molar-refractivity contribution in [2.24, 2.45) is 0 Å². The smallest absolute Gasteiger partial charge is 0.242 e. The first kappa shape index (κ1) is 14.6. The maximum atomic E-state index is 12.0. The number of amides is 1. The molecule has 0 aromatic heterocycles. The van der Waals surface area contributed by atoms with Gasteiger partial charge in [-0.05, 0) is 24.6 Å². The van der Waals surface area contributed by atoms with Crippen molar-refractivity contribution in [2.75, 3.05) is 30.5 Å². The van der Waals surface area contributed by atoms with Gasteiger partial charge in [-0.25, -0.2) is 0 Å². The highest BCUT2D eigenvalue weighted by Gasteiger charge is 2.25. The van der Waals surface area contributed by atoms with Crippen molar-refractivity contribution in [3.8, 4) is 0 Å². The maximum Gasteiger partial charge on any atom is 0.242 e. The lowest BCUT2D eigenvalue weighted by Crippen LogP contribution is -2.39. The normalized spacial score (nSPS) is 15.7. The summed E-state index contributed by atoms with van der Waals surface area (Å²) in [7, 11) is 0. The van der Waals surface area contributed by atoms with Crippen molar-refractivity contribution in [1.82, 2.24) is 0 Å². The van der Waals surface area contributed by atoms with Crippen molar-refractivity contribution in [2.45, 2.75) is 13.2 Å². The first-order valence-corrected chi connectivity index (χ1v) is 6.88. The molecule has 1 fully saturated rings. The molecule has 1 saturated heterocycles. The number of anilines is 1. The Morgan fingerprint density at radius 1 is 1.42 bits per heavy atom. The molecule has 0 radical (unpaired) electrons. The third-order valence-corrected chi connectivity index (χ3v) is 3.36. The Labute approximate surface area is 122 Å². The Kier molecular flexibility index (Phi) is 5.05. The molecule has 104 valence electrons. The van der Waals surface area contributed by atoms with Gasteiger partial charge in [0.1, 0.15) is 5.88 Å². The Hall–Kier alpha value is -0.810. The van der Waals surface area contributed by atoms with E-state index in [-0.39, 0.29) is 11.8 Å². The number of aryl methyl sites for hydroxylation is 1. The van der Waals surface area contributed by atoms with Crippen LogP contribution in [0.3, 0.4) is 0 Å². The first-order chi connectivity index (χ1) is 9.11. The molecule has 2 rings (SSSR count). The standard InChI is InChI=1S/C13H15Cl2NO3/c1-9-2-3-10(15)6-11(9)16(12(17)7-14)8-13-18-4-5-19-13/h2-3,6,13H,4-5,7-8H2,1H3. The zero-order valence-corrected chi connectivity index (χ0v) is 12.1. The summed E-state index contributed by atoms with van der Waals surface area (Å²) in [5.74, 6) is -0.301. The molecule has 6 heteroatoms. The number of alkyl halides is 1. The highest BCUT2D eigenvalue weighted by molar-refractivity contribution is 6.31. The largest absolute Gasteiger partial charge is 0.348 e. The first-order valence-electron chi connectivity index (χ1n) is 5.97. The summed E-state index contributed by atoms with van der Waals surface area (Å²) in [6.45, 7) is 3.31. The minimum atomic E-state index is -0.412. The van der Waals surface area contributed by atoms with Crippen LogP contribution in [0.2, 0.25) is 5.02 Å². The molecule has 1 heterocycles. The average Bonchev–Trinajstić information content (AvgIpc) is 2.91. The predicted molar refractivity (Wildman–Crippen MR) is 75.0 cm³/mol. The molecule has 4 nitrogen and oxygen atoms in total. The van der Waals surface area contributed by atoms with Crippen LogP contribution in [0, 0.1) is 6.92 Å². The number of rotatable bonds is 4. The van der Waals surface area contributed by atoms with Gasteiger partial charge in [-0.2, -0.15) is 0 Å². The minimum Gasteiger partial charge on any atom is -0.348 e. The molecule has 1 aromatic rings. The van der Waals surface area contributed by atoms with Crippen molar-refractivity contribution in [1.29, 1.82) is 0 Å². The lowest BCUT2D eigenvalue weighted by atomic mass is 10.1. The summed E-state index contributed by atoms with van der Waals surface area (Å²) < 4.78 is 10.8. The second kappa shape index (κ2) is 6.57. The number of nitrogens with zero attached hydrogens (tertiary/aromatic N) is 1. The van der Waals surface area contributed by atoms with Crippen molar-refractivity contribution < 1.29 is 14.3 Å². The molecular weight excluding hydrogens is 289 g/mol. The SMILES string of the molecule is Cc1ccc(Cl)cc1N(CC1OCCO1)C(=O)CCl. The van der Waals surface area contributed by atoms with Gasteiger partial charge in [-0.1, -0.05) is 17.7 Å². The number of benzene rings is 1. The molecule has 1 aromatic carbocycles. The minimum absolute atomic E-state index is 0.0985. The van der Waals surface area contributed by atoms with Gasteiger partial charge in [0.2, 0.25) is 5.91 Å². The van der Waals surface area contributed by atoms with Crippen LogP contribution in [-0.4, -0.2) is 37.8 Å². The molecule has 0 N–H and O–H groups in total. The summed E-state index contributed by atoms with van der Waals surface area (Å²) in [5, 5.41) is 0.571. The second-order valence-electron chi connectivity index (χ2n) is 4.24. The zero-order valence-electron chi connectivity index (χ0n) is 10.6. The van der Waals surface area contributed by atoms with E-state index >= 15 is 0 Å². The maximum absolute atomic E-state index is 12.0. The summed E-state index contributed by atoms with van der Waals surface area (Å²) in [6.07, 6.45) is -0.412. The topological polar surface area (TPSA) is 38.8 Å². The lowest BCUT2D eigenvalue weighted by molar-refractivity contribution is -0.117. The van der Waals surface area contributed by atoms with Gasteiger partial charge in [-0.3, -0.25) is 4.79 Å². The molecular formula is C13H15Cl2NO3. The van der Waals surface area contributed by atoms with E-state index in [1.165, 1.54) is 0 Å². The van der Waals surface area contributed by atoms with Crippen LogP contribution < -0.4 is 4.90 Å². The average molecular weight is 304 g/mol. The molecule has 0 saturated carbocycles. The zero-order chi connectivity index (χ0) is 13.8. The van der Waals surface area contributed by atoms with E-state index in [1.54, 1.807) is 17.0 Å². The van der Waals surface area contributed by atoms with E-state index in [0.717, 1.165) is 11.3 Å². The second-order valence-corrected chi connectivity index (χ2v) is 4.94. The molecule has 0 unspecified atom stereocenters. The van der Waals surface area contributed by atoms with Crippen LogP contribution in [0.15, 0.2) is 18.2 Å². The fourth-order valence-electron chi connectivity index (χ4n) is 1.94. The van der Waals surface area contributed by atoms with Gasteiger partial charge < -0.3 is 14.4 Å². The number of carbonyl (C=O) groups is 1. The number of hydrogen-bond acceptors (Lipinski definition) is 3. The third-order valence-electron chi connectivity index (χ3n) is 2.90. The van der Waals surface area contributed by atoms with E-state index in [4.69, 9.17) is 32.7 Å². The summed E-state index contributed by atoms with van der Waals surface area (Å²) >= 11 is 11.7. The Bertz CT molecular complexity index is 461. The van der Waals surface area contributed by atoms with Crippen LogP contribution in [0.5, 0.6) is 0 Å². The highest BCUT2D eigenvalue weighted by Crippen LogP contribution is 2.25.